The summed E-state index contributed by atoms with van der Waals surface area (Å²) in [6, 6.07) is 5.16. The molecule has 0 spiro atoms. The van der Waals surface area contributed by atoms with Crippen molar-refractivity contribution in [3.05, 3.63) is 28.7 Å². The molecule has 0 aliphatic carbocycles. The van der Waals surface area contributed by atoms with Crippen LogP contribution in [0.15, 0.2) is 18.2 Å². The highest BCUT2D eigenvalue weighted by Crippen LogP contribution is 2.28. The number of nitrogens with zero attached hydrogens (tertiary/aromatic N) is 1. The lowest BCUT2D eigenvalue weighted by Gasteiger charge is -2.08. The van der Waals surface area contributed by atoms with Crippen LogP contribution in [0, 0.1) is 4.91 Å². The lowest BCUT2D eigenvalue weighted by atomic mass is 10.1. The molecule has 1 aliphatic heterocycles. The van der Waals surface area contributed by atoms with Crippen molar-refractivity contribution in [3.63, 3.8) is 0 Å². The summed E-state index contributed by atoms with van der Waals surface area (Å²) in [5.74, 6) is 0.0676. The Labute approximate surface area is 80.6 Å². The fraction of sp³-hybridized carbons (Fsp3) is 0.222. The predicted molar refractivity (Wildman–Crippen MR) is 49.5 cm³/mol. The van der Waals surface area contributed by atoms with Crippen LogP contribution in [0.5, 0.6) is 0 Å². The SMILES string of the molecule is CN1C(=O)Cc2cc([NH+]=O)ccc21.[OH-]. The lowest BCUT2D eigenvalue weighted by Crippen LogP contribution is -2.55. The van der Waals surface area contributed by atoms with E-state index in [9.17, 15) is 9.70 Å². The van der Waals surface area contributed by atoms with Crippen LogP contribution in [0.25, 0.3) is 0 Å². The Bertz CT molecular complexity index is 390. The van der Waals surface area contributed by atoms with E-state index in [0.29, 0.717) is 12.1 Å². The molecule has 14 heavy (non-hydrogen) atoms. The van der Waals surface area contributed by atoms with Crippen molar-refractivity contribution in [1.82, 2.24) is 0 Å². The van der Waals surface area contributed by atoms with E-state index in [1.165, 1.54) is 0 Å². The quantitative estimate of drug-likeness (QED) is 0.654. The Morgan fingerprint density at radius 1 is 1.43 bits per heavy atom. The molecule has 1 amide bonds. The number of hydrogen-bond donors (Lipinski definition) is 1. The minimum atomic E-state index is 0. The number of nitrogens with one attached hydrogen (secondary N) is 1. The fourth-order valence-corrected chi connectivity index (χ4v) is 1.53. The molecule has 0 saturated carbocycles. The minimum Gasteiger partial charge on any atom is -0.870 e. The van der Waals surface area contributed by atoms with Gasteiger partial charge in [0.05, 0.1) is 6.42 Å². The molecule has 2 N–H and O–H groups in total. The van der Waals surface area contributed by atoms with Gasteiger partial charge in [-0.25, -0.2) is 0 Å². The highest BCUT2D eigenvalue weighted by molar-refractivity contribution is 6.01. The second-order valence-corrected chi connectivity index (χ2v) is 3.08. The third kappa shape index (κ3) is 1.38. The normalized spacial score (nSPS) is 13.5. The topological polar surface area (TPSA) is 81.3 Å². The number of fused-ring (bicyclic) bond motifs is 1. The average molecular weight is 194 g/mol. The van der Waals surface area contributed by atoms with Gasteiger partial charge in [-0.3, -0.25) is 4.79 Å². The van der Waals surface area contributed by atoms with Crippen molar-refractivity contribution >= 4 is 17.3 Å². The summed E-state index contributed by atoms with van der Waals surface area (Å²) >= 11 is 0. The van der Waals surface area contributed by atoms with Crippen molar-refractivity contribution in [3.8, 4) is 0 Å². The Kier molecular flexibility index (Phi) is 2.62. The lowest BCUT2D eigenvalue weighted by molar-refractivity contribution is -0.379. The number of hydrogen-bond acceptors (Lipinski definition) is 3. The van der Waals surface area contributed by atoms with Gasteiger partial charge in [-0.15, -0.1) is 0 Å². The first-order valence-electron chi connectivity index (χ1n) is 4.00. The zero-order valence-corrected chi connectivity index (χ0v) is 7.65. The maximum Gasteiger partial charge on any atom is 0.253 e. The van der Waals surface area contributed by atoms with Crippen molar-refractivity contribution in [2.24, 2.45) is 0 Å². The third-order valence-corrected chi connectivity index (χ3v) is 2.27. The number of benzene rings is 1. The van der Waals surface area contributed by atoms with Crippen LogP contribution in [0.4, 0.5) is 11.4 Å². The van der Waals surface area contributed by atoms with Crippen LogP contribution in [-0.2, 0) is 11.2 Å². The molecule has 0 fully saturated rings. The van der Waals surface area contributed by atoms with Crippen LogP contribution in [0.2, 0.25) is 0 Å². The Morgan fingerprint density at radius 3 is 2.79 bits per heavy atom. The summed E-state index contributed by atoms with van der Waals surface area (Å²) in [5, 5.41) is 1.81. The maximum absolute atomic E-state index is 11.3. The van der Waals surface area contributed by atoms with E-state index in [4.69, 9.17) is 0 Å². The standard InChI is InChI=1S/C9H8N2O2.H2O/c1-11-8-3-2-7(10-13)4-6(8)5-9(11)12;/h2-4H,5H2,1H3;1H2. The number of likely N-dealkylation sites (N-methyl/N-ethyl adjacent to an activating group) is 1. The summed E-state index contributed by atoms with van der Waals surface area (Å²) in [4.78, 5) is 23.2. The van der Waals surface area contributed by atoms with Gasteiger partial charge in [-0.05, 0) is 11.6 Å². The second kappa shape index (κ2) is 3.55. The molecule has 1 aromatic carbocycles. The summed E-state index contributed by atoms with van der Waals surface area (Å²) in [7, 11) is 1.73. The zero-order valence-electron chi connectivity index (χ0n) is 7.65. The molecule has 1 aliphatic rings. The molecular weight excluding hydrogens is 184 g/mol. The van der Waals surface area contributed by atoms with Gasteiger partial charge in [0.25, 0.3) is 5.69 Å². The van der Waals surface area contributed by atoms with Gasteiger partial charge in [0.1, 0.15) is 0 Å². The molecule has 0 saturated heterocycles. The van der Waals surface area contributed by atoms with E-state index >= 15 is 0 Å². The molecule has 0 aromatic heterocycles. The number of amides is 1. The molecule has 1 heterocycles. The van der Waals surface area contributed by atoms with E-state index in [1.54, 1.807) is 35.3 Å². The van der Waals surface area contributed by atoms with Crippen molar-refractivity contribution in [2.45, 2.75) is 6.42 Å². The van der Waals surface area contributed by atoms with Gasteiger partial charge in [-0.2, -0.15) is 0 Å². The van der Waals surface area contributed by atoms with Gasteiger partial charge in [0.15, 0.2) is 0 Å². The van der Waals surface area contributed by atoms with Crippen LogP contribution in [0.1, 0.15) is 5.56 Å². The smallest absolute Gasteiger partial charge is 0.253 e. The average Bonchev–Trinajstić information content (AvgIpc) is 2.42. The first-order valence-corrected chi connectivity index (χ1v) is 4.00. The highest BCUT2D eigenvalue weighted by Gasteiger charge is 2.24. The van der Waals surface area contributed by atoms with Crippen LogP contribution >= 0.6 is 0 Å². The van der Waals surface area contributed by atoms with Crippen LogP contribution < -0.4 is 10.1 Å². The molecule has 2 rings (SSSR count). The summed E-state index contributed by atoms with van der Waals surface area (Å²) in [6.45, 7) is 0. The first-order chi connectivity index (χ1) is 6.22. The summed E-state index contributed by atoms with van der Waals surface area (Å²) in [5.41, 5.74) is 2.30. The van der Waals surface area contributed by atoms with Gasteiger partial charge >= 0.3 is 0 Å². The number of carbonyl (C=O) groups is 1. The molecule has 0 bridgehead atoms. The Balaban J connectivity index is 0.000000980. The first kappa shape index (κ1) is 10.3. The largest absolute Gasteiger partial charge is 0.870 e. The van der Waals surface area contributed by atoms with E-state index < -0.39 is 0 Å². The molecule has 5 nitrogen and oxygen atoms in total. The van der Waals surface area contributed by atoms with Crippen LogP contribution in [-0.4, -0.2) is 18.4 Å². The third-order valence-electron chi connectivity index (χ3n) is 2.27. The van der Waals surface area contributed by atoms with Crippen LogP contribution in [0.3, 0.4) is 0 Å². The fourth-order valence-electron chi connectivity index (χ4n) is 1.53. The van der Waals surface area contributed by atoms with Crippen molar-refractivity contribution in [1.29, 1.82) is 0 Å². The number of nitroso groups, excluding NO2 is 1. The molecule has 1 aromatic rings. The van der Waals surface area contributed by atoms with Crippen molar-refractivity contribution < 1.29 is 15.4 Å². The van der Waals surface area contributed by atoms with E-state index in [1.807, 2.05) is 0 Å². The van der Waals surface area contributed by atoms with Crippen molar-refractivity contribution in [2.75, 3.05) is 11.9 Å². The number of anilines is 1. The molecule has 5 heteroatoms. The summed E-state index contributed by atoms with van der Waals surface area (Å²) < 4.78 is 0. The van der Waals surface area contributed by atoms with E-state index in [0.717, 1.165) is 11.3 Å². The predicted octanol–water partition coefficient (Wildman–Crippen LogP) is -0.493. The van der Waals surface area contributed by atoms with Gasteiger partial charge in [0, 0.05) is 35.0 Å². The Morgan fingerprint density at radius 2 is 2.14 bits per heavy atom. The van der Waals surface area contributed by atoms with E-state index in [2.05, 4.69) is 0 Å². The molecule has 0 radical (unpaired) electrons. The van der Waals surface area contributed by atoms with Gasteiger partial charge in [-0.1, -0.05) is 0 Å². The summed E-state index contributed by atoms with van der Waals surface area (Å²) in [6.07, 6.45) is 0.390. The number of rotatable bonds is 1. The monoisotopic (exact) mass is 194 g/mol. The molecule has 0 atom stereocenters. The number of carbonyl (C=O) groups excluding carboxylic acids is 1. The molecule has 0 unspecified atom stereocenters. The van der Waals surface area contributed by atoms with E-state index in [-0.39, 0.29) is 11.4 Å². The Hall–Kier alpha value is -1.75. The molecule has 74 valence electrons. The highest BCUT2D eigenvalue weighted by atomic mass is 16.3. The minimum absolute atomic E-state index is 0. The second-order valence-electron chi connectivity index (χ2n) is 3.08. The molecular formula is C9H10N2O3. The zero-order chi connectivity index (χ0) is 9.42. The maximum atomic E-state index is 11.3. The van der Waals surface area contributed by atoms with Gasteiger partial charge < -0.3 is 10.4 Å². The van der Waals surface area contributed by atoms with Gasteiger partial charge in [0.2, 0.25) is 5.91 Å².